The molecule has 1 aliphatic heterocycles. The molecule has 0 saturated heterocycles. The molecule has 0 fully saturated rings. The summed E-state index contributed by atoms with van der Waals surface area (Å²) >= 11 is 0. The quantitative estimate of drug-likeness (QED) is 0.558. The zero-order valence-electron chi connectivity index (χ0n) is 19.1. The predicted octanol–water partition coefficient (Wildman–Crippen LogP) is 4.25. The van der Waals surface area contributed by atoms with Crippen molar-refractivity contribution in [2.24, 2.45) is 0 Å². The molecule has 182 valence electrons. The van der Waals surface area contributed by atoms with Crippen LogP contribution in [0.15, 0.2) is 36.7 Å². The summed E-state index contributed by atoms with van der Waals surface area (Å²) in [6.45, 7) is 4.10. The van der Waals surface area contributed by atoms with Crippen LogP contribution in [0.5, 0.6) is 0 Å². The maximum absolute atomic E-state index is 13.5. The number of benzene rings is 1. The Bertz CT molecular complexity index is 1360. The molecule has 0 aliphatic carbocycles. The molecule has 35 heavy (non-hydrogen) atoms. The first-order valence-electron chi connectivity index (χ1n) is 10.7. The highest BCUT2D eigenvalue weighted by molar-refractivity contribution is 5.95. The fourth-order valence-corrected chi connectivity index (χ4v) is 4.24. The average Bonchev–Trinajstić information content (AvgIpc) is 3.23. The van der Waals surface area contributed by atoms with Gasteiger partial charge in [-0.2, -0.15) is 18.4 Å². The number of nitrogens with zero attached hydrogens (tertiary/aromatic N) is 5. The van der Waals surface area contributed by atoms with Crippen LogP contribution >= 0.6 is 0 Å². The Hall–Kier alpha value is -3.78. The van der Waals surface area contributed by atoms with Crippen molar-refractivity contribution >= 4 is 5.91 Å². The zero-order chi connectivity index (χ0) is 25.7. The van der Waals surface area contributed by atoms with Gasteiger partial charge in [-0.3, -0.25) is 9.78 Å². The Morgan fingerprint density at radius 3 is 2.57 bits per heavy atom. The number of hydrogen-bond donors (Lipinski definition) is 1. The average molecular weight is 487 g/mol. The van der Waals surface area contributed by atoms with Crippen molar-refractivity contribution in [2.75, 3.05) is 6.54 Å². The second kappa shape index (κ2) is 8.46. The number of carbonyl (C=O) groups excluding carboxylic acids is 1. The molecule has 1 aromatic carbocycles. The number of aryl methyl sites for hydroxylation is 1. The van der Waals surface area contributed by atoms with E-state index in [1.807, 2.05) is 6.07 Å². The van der Waals surface area contributed by atoms with Crippen molar-refractivity contribution in [3.63, 3.8) is 0 Å². The molecule has 0 bridgehead atoms. The minimum absolute atomic E-state index is 0.00183. The number of pyridine rings is 1. The molecular formula is C24H21F4N5O2. The number of imidazole rings is 1. The first-order valence-corrected chi connectivity index (χ1v) is 10.7. The van der Waals surface area contributed by atoms with E-state index in [2.05, 4.69) is 9.97 Å². The van der Waals surface area contributed by atoms with E-state index in [1.54, 1.807) is 19.9 Å². The lowest BCUT2D eigenvalue weighted by molar-refractivity contribution is -0.263. The van der Waals surface area contributed by atoms with Crippen molar-refractivity contribution in [3.05, 3.63) is 70.7 Å². The molecule has 4 rings (SSSR count). The molecule has 0 spiro atoms. The normalized spacial score (nSPS) is 17.5. The molecule has 2 aromatic heterocycles. The fourth-order valence-electron chi connectivity index (χ4n) is 4.24. The van der Waals surface area contributed by atoms with E-state index in [0.29, 0.717) is 29.4 Å². The zero-order valence-corrected chi connectivity index (χ0v) is 19.1. The Kier molecular flexibility index (Phi) is 5.89. The summed E-state index contributed by atoms with van der Waals surface area (Å²) in [4.78, 5) is 22.9. The minimum atomic E-state index is -4.91. The number of aliphatic hydroxyl groups is 1. The molecule has 7 nitrogen and oxygen atoms in total. The highest BCUT2D eigenvalue weighted by Crippen LogP contribution is 2.40. The van der Waals surface area contributed by atoms with Crippen molar-refractivity contribution in [3.8, 4) is 17.3 Å². The second-order valence-corrected chi connectivity index (χ2v) is 8.73. The van der Waals surface area contributed by atoms with Gasteiger partial charge in [-0.25, -0.2) is 9.37 Å². The van der Waals surface area contributed by atoms with Crippen LogP contribution in [0, 0.1) is 24.1 Å². The van der Waals surface area contributed by atoms with E-state index in [0.717, 1.165) is 6.07 Å². The lowest BCUT2D eigenvalue weighted by atomic mass is 10.0. The van der Waals surface area contributed by atoms with Gasteiger partial charge in [0.15, 0.2) is 5.82 Å². The van der Waals surface area contributed by atoms with Crippen LogP contribution in [0.4, 0.5) is 17.6 Å². The van der Waals surface area contributed by atoms with Gasteiger partial charge in [0.25, 0.3) is 5.91 Å². The second-order valence-electron chi connectivity index (χ2n) is 8.73. The third kappa shape index (κ3) is 4.14. The van der Waals surface area contributed by atoms with Crippen LogP contribution in [0.2, 0.25) is 0 Å². The highest BCUT2D eigenvalue weighted by atomic mass is 19.4. The maximum Gasteiger partial charge on any atom is 0.424 e. The van der Waals surface area contributed by atoms with Gasteiger partial charge < -0.3 is 14.6 Å². The maximum atomic E-state index is 13.5. The van der Waals surface area contributed by atoms with E-state index < -0.39 is 29.5 Å². The van der Waals surface area contributed by atoms with Crippen LogP contribution in [0.1, 0.15) is 52.9 Å². The summed E-state index contributed by atoms with van der Waals surface area (Å²) in [6, 6.07) is 6.75. The van der Waals surface area contributed by atoms with Crippen LogP contribution < -0.4 is 0 Å². The van der Waals surface area contributed by atoms with Crippen molar-refractivity contribution in [1.82, 2.24) is 19.4 Å². The third-order valence-electron chi connectivity index (χ3n) is 6.15. The van der Waals surface area contributed by atoms with Gasteiger partial charge in [0.1, 0.15) is 5.82 Å². The van der Waals surface area contributed by atoms with Gasteiger partial charge in [0, 0.05) is 18.3 Å². The molecule has 1 aliphatic rings. The van der Waals surface area contributed by atoms with Crippen LogP contribution in [0.25, 0.3) is 11.3 Å². The Morgan fingerprint density at radius 2 is 1.94 bits per heavy atom. The Labute approximate surface area is 198 Å². The highest BCUT2D eigenvalue weighted by Gasteiger charge is 2.55. The Morgan fingerprint density at radius 1 is 1.23 bits per heavy atom. The monoisotopic (exact) mass is 487 g/mol. The van der Waals surface area contributed by atoms with Gasteiger partial charge in [-0.15, -0.1) is 0 Å². The summed E-state index contributed by atoms with van der Waals surface area (Å²) in [5.74, 6) is -1.44. The predicted molar refractivity (Wildman–Crippen MR) is 116 cm³/mol. The summed E-state index contributed by atoms with van der Waals surface area (Å²) in [7, 11) is 0. The number of alkyl halides is 3. The number of amides is 1. The summed E-state index contributed by atoms with van der Waals surface area (Å²) in [5.41, 5.74) is -0.971. The number of carbonyl (C=O) groups is 1. The van der Waals surface area contributed by atoms with E-state index in [-0.39, 0.29) is 30.1 Å². The molecule has 3 heterocycles. The molecular weight excluding hydrogens is 466 g/mol. The minimum Gasteiger partial charge on any atom is -0.374 e. The molecule has 3 aromatic rings. The summed E-state index contributed by atoms with van der Waals surface area (Å²) < 4.78 is 54.9. The largest absolute Gasteiger partial charge is 0.424 e. The molecule has 0 radical (unpaired) electrons. The van der Waals surface area contributed by atoms with Gasteiger partial charge in [-0.05, 0) is 50.6 Å². The standard InChI is InChI=1S/C24H21F4N5O2/c1-13-6-20(18-5-4-16(25)7-15(18)8-29)30-10-19(13)21(34)32-11-14(2)33-17(12-32)9-31-22(33)23(3,35)24(26,27)28/h4-7,9-10,14,35H,11-12H2,1-3H3/t14-,23?/m0/s1. The molecule has 1 unspecified atom stereocenters. The van der Waals surface area contributed by atoms with Gasteiger partial charge in [0.05, 0.1) is 47.4 Å². The van der Waals surface area contributed by atoms with E-state index in [1.165, 1.54) is 34.0 Å². The third-order valence-corrected chi connectivity index (χ3v) is 6.15. The number of nitriles is 1. The van der Waals surface area contributed by atoms with E-state index >= 15 is 0 Å². The summed E-state index contributed by atoms with van der Waals surface area (Å²) in [5, 5.41) is 19.4. The lowest BCUT2D eigenvalue weighted by Crippen LogP contribution is -2.45. The number of hydrogen-bond acceptors (Lipinski definition) is 5. The number of fused-ring (bicyclic) bond motifs is 1. The van der Waals surface area contributed by atoms with Crippen molar-refractivity contribution in [2.45, 2.75) is 45.1 Å². The first-order chi connectivity index (χ1) is 16.3. The van der Waals surface area contributed by atoms with Gasteiger partial charge in [0.2, 0.25) is 5.60 Å². The van der Waals surface area contributed by atoms with Gasteiger partial charge >= 0.3 is 6.18 Å². The van der Waals surface area contributed by atoms with Crippen molar-refractivity contribution < 1.29 is 27.5 Å². The van der Waals surface area contributed by atoms with Crippen molar-refractivity contribution in [1.29, 1.82) is 5.26 Å². The van der Waals surface area contributed by atoms with Gasteiger partial charge in [-0.1, -0.05) is 0 Å². The van der Waals surface area contributed by atoms with E-state index in [4.69, 9.17) is 0 Å². The van der Waals surface area contributed by atoms with E-state index in [9.17, 15) is 32.7 Å². The van der Waals surface area contributed by atoms with Crippen LogP contribution in [0.3, 0.4) is 0 Å². The molecule has 1 N–H and O–H groups in total. The smallest absolute Gasteiger partial charge is 0.374 e. The number of rotatable bonds is 3. The topological polar surface area (TPSA) is 95.0 Å². The van der Waals surface area contributed by atoms with Crippen LogP contribution in [-0.2, 0) is 12.1 Å². The number of aromatic nitrogens is 3. The lowest BCUT2D eigenvalue weighted by Gasteiger charge is -2.36. The Balaban J connectivity index is 1.62. The summed E-state index contributed by atoms with van der Waals surface area (Å²) in [6.07, 6.45) is -2.31. The SMILES string of the molecule is Cc1cc(-c2ccc(F)cc2C#N)ncc1C(=O)N1Cc2cnc(C(C)(O)C(F)(F)F)n2[C@@H](C)C1. The molecule has 2 atom stereocenters. The molecule has 1 amide bonds. The fraction of sp³-hybridized carbons (Fsp3) is 0.333. The molecule has 0 saturated carbocycles. The first kappa shape index (κ1) is 24.3. The number of halogens is 4. The molecule has 11 heteroatoms. The van der Waals surface area contributed by atoms with Crippen LogP contribution in [-0.4, -0.2) is 43.2 Å².